The van der Waals surface area contributed by atoms with Crippen LogP contribution in [0.5, 0.6) is 0 Å². The monoisotopic (exact) mass is 309 g/mol. The maximum atomic E-state index is 11.6. The van der Waals surface area contributed by atoms with Crippen LogP contribution >= 0.6 is 11.6 Å². The lowest BCUT2D eigenvalue weighted by atomic mass is 10.2. The minimum absolute atomic E-state index is 0.339. The third kappa shape index (κ3) is 5.03. The van der Waals surface area contributed by atoms with Gasteiger partial charge in [0, 0.05) is 6.20 Å². The quantitative estimate of drug-likeness (QED) is 0.942. The molecule has 2 heterocycles. The summed E-state index contributed by atoms with van der Waals surface area (Å²) < 4.78 is 6.79. The molecule has 0 radical (unpaired) electrons. The molecule has 1 N–H and O–H groups in total. The van der Waals surface area contributed by atoms with E-state index in [2.05, 4.69) is 20.4 Å². The van der Waals surface area contributed by atoms with Crippen molar-refractivity contribution in [2.45, 2.75) is 32.9 Å². The fraction of sp³-hybridized carbons (Fsp3) is 0.385. The molecule has 0 spiro atoms. The Morgan fingerprint density at radius 2 is 2.10 bits per heavy atom. The third-order valence-corrected chi connectivity index (χ3v) is 2.47. The van der Waals surface area contributed by atoms with E-state index in [9.17, 15) is 4.79 Å². The number of ether oxygens (including phenoxy) is 1. The molecule has 0 aromatic carbocycles. The zero-order valence-corrected chi connectivity index (χ0v) is 12.8. The summed E-state index contributed by atoms with van der Waals surface area (Å²) in [5.41, 5.74) is 0.719. The average Bonchev–Trinajstić information content (AvgIpc) is 2.77. The van der Waals surface area contributed by atoms with Gasteiger partial charge in [0.25, 0.3) is 0 Å². The van der Waals surface area contributed by atoms with Gasteiger partial charge >= 0.3 is 6.09 Å². The molecule has 7 nitrogen and oxygen atoms in total. The second-order valence-corrected chi connectivity index (χ2v) is 5.77. The van der Waals surface area contributed by atoms with E-state index >= 15 is 0 Å². The first-order valence-corrected chi connectivity index (χ1v) is 6.68. The van der Waals surface area contributed by atoms with Crippen LogP contribution in [0.15, 0.2) is 24.8 Å². The van der Waals surface area contributed by atoms with Crippen molar-refractivity contribution >= 4 is 23.4 Å². The summed E-state index contributed by atoms with van der Waals surface area (Å²) in [6.07, 6.45) is 5.74. The van der Waals surface area contributed by atoms with E-state index in [0.717, 1.165) is 0 Å². The highest BCUT2D eigenvalue weighted by molar-refractivity contribution is 6.29. The highest BCUT2D eigenvalue weighted by Gasteiger charge is 2.16. The second kappa shape index (κ2) is 6.09. The summed E-state index contributed by atoms with van der Waals surface area (Å²) in [5, 5.41) is 7.08. The van der Waals surface area contributed by atoms with Gasteiger partial charge in [-0.3, -0.25) is 15.0 Å². The molecule has 0 fully saturated rings. The van der Waals surface area contributed by atoms with E-state index in [-0.39, 0.29) is 0 Å². The van der Waals surface area contributed by atoms with Gasteiger partial charge in [0.15, 0.2) is 0 Å². The highest BCUT2D eigenvalue weighted by atomic mass is 35.5. The number of halogens is 1. The van der Waals surface area contributed by atoms with Crippen LogP contribution in [0.2, 0.25) is 5.15 Å². The van der Waals surface area contributed by atoms with Crippen molar-refractivity contribution in [1.82, 2.24) is 19.7 Å². The number of carbonyl (C=O) groups is 1. The normalized spacial score (nSPS) is 11.2. The van der Waals surface area contributed by atoms with Crippen LogP contribution in [0.1, 0.15) is 26.5 Å². The van der Waals surface area contributed by atoms with Gasteiger partial charge in [0.05, 0.1) is 36.5 Å². The Balaban J connectivity index is 1.95. The van der Waals surface area contributed by atoms with E-state index in [1.165, 1.54) is 12.4 Å². The SMILES string of the molecule is CC(C)(C)OC(=O)Nc1cnn(Cc2cnc(Cl)cn2)c1. The van der Waals surface area contributed by atoms with E-state index in [1.54, 1.807) is 37.8 Å². The topological polar surface area (TPSA) is 81.9 Å². The van der Waals surface area contributed by atoms with Crippen LogP contribution in [0, 0.1) is 0 Å². The fourth-order valence-electron chi connectivity index (χ4n) is 1.52. The molecule has 0 aliphatic heterocycles. The molecular formula is C13H16ClN5O2. The van der Waals surface area contributed by atoms with Gasteiger partial charge < -0.3 is 4.74 Å². The average molecular weight is 310 g/mol. The first-order chi connectivity index (χ1) is 9.82. The van der Waals surface area contributed by atoms with Crippen LogP contribution < -0.4 is 5.32 Å². The lowest BCUT2D eigenvalue weighted by Crippen LogP contribution is -2.27. The van der Waals surface area contributed by atoms with Gasteiger partial charge in [-0.05, 0) is 20.8 Å². The number of hydrogen-bond donors (Lipinski definition) is 1. The first kappa shape index (κ1) is 15.2. The van der Waals surface area contributed by atoms with Crippen molar-refractivity contribution in [3.63, 3.8) is 0 Å². The number of anilines is 1. The lowest BCUT2D eigenvalue weighted by Gasteiger charge is -2.19. The number of nitrogens with one attached hydrogen (secondary N) is 1. The van der Waals surface area contributed by atoms with Gasteiger partial charge in [0.2, 0.25) is 0 Å². The lowest BCUT2D eigenvalue weighted by molar-refractivity contribution is 0.0636. The molecule has 2 rings (SSSR count). The van der Waals surface area contributed by atoms with Crippen molar-refractivity contribution < 1.29 is 9.53 Å². The fourth-order valence-corrected chi connectivity index (χ4v) is 1.62. The Labute approximate surface area is 127 Å². The summed E-state index contributed by atoms with van der Waals surface area (Å²) in [6.45, 7) is 5.83. The Morgan fingerprint density at radius 3 is 2.71 bits per heavy atom. The number of nitrogens with zero attached hydrogens (tertiary/aromatic N) is 4. The maximum Gasteiger partial charge on any atom is 0.412 e. The zero-order valence-electron chi connectivity index (χ0n) is 12.0. The molecule has 21 heavy (non-hydrogen) atoms. The highest BCUT2D eigenvalue weighted by Crippen LogP contribution is 2.11. The van der Waals surface area contributed by atoms with Gasteiger partial charge in [-0.15, -0.1) is 0 Å². The molecule has 0 unspecified atom stereocenters. The summed E-state index contributed by atoms with van der Waals surface area (Å²) >= 11 is 5.67. The molecule has 112 valence electrons. The summed E-state index contributed by atoms with van der Waals surface area (Å²) in [5.74, 6) is 0. The van der Waals surface area contributed by atoms with Crippen molar-refractivity contribution in [3.05, 3.63) is 35.6 Å². The molecular weight excluding hydrogens is 294 g/mol. The molecule has 1 amide bonds. The molecule has 0 saturated carbocycles. The second-order valence-electron chi connectivity index (χ2n) is 5.38. The Morgan fingerprint density at radius 1 is 1.33 bits per heavy atom. The Bertz CT molecular complexity index is 618. The number of aromatic nitrogens is 4. The van der Waals surface area contributed by atoms with Crippen LogP contribution in [-0.2, 0) is 11.3 Å². The van der Waals surface area contributed by atoms with Crippen LogP contribution in [-0.4, -0.2) is 31.4 Å². The first-order valence-electron chi connectivity index (χ1n) is 6.31. The molecule has 0 atom stereocenters. The van der Waals surface area contributed by atoms with Crippen molar-refractivity contribution in [3.8, 4) is 0 Å². The molecule has 0 bridgehead atoms. The standard InChI is InChI=1S/C13H16ClN5O2/c1-13(2,3)21-12(20)18-10-5-17-19(8-10)7-9-4-16-11(14)6-15-9/h4-6,8H,7H2,1-3H3,(H,18,20). The van der Waals surface area contributed by atoms with Crippen molar-refractivity contribution in [2.24, 2.45) is 0 Å². The Kier molecular flexibility index (Phi) is 4.42. The number of carbonyl (C=O) groups excluding carboxylic acids is 1. The largest absolute Gasteiger partial charge is 0.444 e. The Hall–Kier alpha value is -2.15. The van der Waals surface area contributed by atoms with E-state index in [4.69, 9.17) is 16.3 Å². The summed E-state index contributed by atoms with van der Waals surface area (Å²) in [7, 11) is 0. The minimum atomic E-state index is -0.543. The van der Waals surface area contributed by atoms with E-state index in [1.807, 2.05) is 0 Å². The zero-order chi connectivity index (χ0) is 15.5. The third-order valence-electron chi connectivity index (χ3n) is 2.28. The van der Waals surface area contributed by atoms with Crippen LogP contribution in [0.3, 0.4) is 0 Å². The van der Waals surface area contributed by atoms with E-state index in [0.29, 0.717) is 23.1 Å². The predicted octanol–water partition coefficient (Wildman–Crippen LogP) is 2.72. The van der Waals surface area contributed by atoms with Crippen molar-refractivity contribution in [2.75, 3.05) is 5.32 Å². The molecule has 0 aliphatic rings. The summed E-state index contributed by atoms with van der Waals surface area (Å²) in [4.78, 5) is 19.7. The van der Waals surface area contributed by atoms with E-state index < -0.39 is 11.7 Å². The summed E-state index contributed by atoms with van der Waals surface area (Å²) in [6, 6.07) is 0. The van der Waals surface area contributed by atoms with Gasteiger partial charge in [-0.1, -0.05) is 11.6 Å². The molecule has 0 saturated heterocycles. The molecule has 0 aliphatic carbocycles. The van der Waals surface area contributed by atoms with Crippen LogP contribution in [0.25, 0.3) is 0 Å². The molecule has 2 aromatic heterocycles. The molecule has 2 aromatic rings. The number of hydrogen-bond acceptors (Lipinski definition) is 5. The van der Waals surface area contributed by atoms with Gasteiger partial charge in [-0.25, -0.2) is 9.78 Å². The number of rotatable bonds is 3. The van der Waals surface area contributed by atoms with Crippen LogP contribution in [0.4, 0.5) is 10.5 Å². The minimum Gasteiger partial charge on any atom is -0.444 e. The number of amides is 1. The maximum absolute atomic E-state index is 11.6. The predicted molar refractivity (Wildman–Crippen MR) is 78.2 cm³/mol. The van der Waals surface area contributed by atoms with Gasteiger partial charge in [0.1, 0.15) is 10.8 Å². The smallest absolute Gasteiger partial charge is 0.412 e. The van der Waals surface area contributed by atoms with Gasteiger partial charge in [-0.2, -0.15) is 5.10 Å². The molecule has 8 heteroatoms. The van der Waals surface area contributed by atoms with Crippen molar-refractivity contribution in [1.29, 1.82) is 0 Å².